The fourth-order valence-corrected chi connectivity index (χ4v) is 1.59. The number of hydrogen-bond donors (Lipinski definition) is 1. The van der Waals surface area contributed by atoms with Gasteiger partial charge in [-0.05, 0) is 13.3 Å². The minimum atomic E-state index is 0.139. The van der Waals surface area contributed by atoms with Crippen molar-refractivity contribution in [3.05, 3.63) is 18.2 Å². The zero-order valence-corrected chi connectivity index (χ0v) is 10.5. The topological polar surface area (TPSA) is 91.7 Å². The molecule has 0 unspecified atom stereocenters. The molecule has 0 saturated carbocycles. The number of rotatable bonds is 5. The van der Waals surface area contributed by atoms with Gasteiger partial charge in [0, 0.05) is 18.8 Å². The predicted octanol–water partition coefficient (Wildman–Crippen LogP) is 0.991. The minimum absolute atomic E-state index is 0.139. The quantitative estimate of drug-likeness (QED) is 0.848. The molecule has 18 heavy (non-hydrogen) atoms. The van der Waals surface area contributed by atoms with Crippen molar-refractivity contribution in [2.45, 2.75) is 26.7 Å². The summed E-state index contributed by atoms with van der Waals surface area (Å²) < 4.78 is 7.04. The number of nitrogens with two attached hydrogens (primary N) is 1. The van der Waals surface area contributed by atoms with Crippen LogP contribution in [0.1, 0.15) is 26.1 Å². The molecule has 2 rings (SSSR count). The van der Waals surface area contributed by atoms with Gasteiger partial charge in [0.05, 0.1) is 6.61 Å². The lowest BCUT2D eigenvalue weighted by Gasteiger charge is -2.07. The van der Waals surface area contributed by atoms with E-state index in [1.165, 1.54) is 0 Å². The summed E-state index contributed by atoms with van der Waals surface area (Å²) in [5, 5.41) is 0. The highest BCUT2D eigenvalue weighted by Gasteiger charge is 2.10. The molecule has 0 saturated heterocycles. The molecule has 2 aromatic heterocycles. The Morgan fingerprint density at radius 3 is 2.83 bits per heavy atom. The van der Waals surface area contributed by atoms with Crippen molar-refractivity contribution in [3.8, 4) is 12.0 Å². The molecule has 0 aliphatic heterocycles. The van der Waals surface area contributed by atoms with Gasteiger partial charge in [0.1, 0.15) is 5.82 Å². The van der Waals surface area contributed by atoms with E-state index in [1.807, 2.05) is 6.92 Å². The van der Waals surface area contributed by atoms with Gasteiger partial charge in [0.2, 0.25) is 11.9 Å². The maximum atomic E-state index is 5.64. The summed E-state index contributed by atoms with van der Waals surface area (Å²) in [5.74, 6) is 1.47. The second-order valence-corrected chi connectivity index (χ2v) is 3.67. The second kappa shape index (κ2) is 5.44. The van der Waals surface area contributed by atoms with Crippen molar-refractivity contribution < 1.29 is 4.74 Å². The minimum Gasteiger partial charge on any atom is -0.464 e. The van der Waals surface area contributed by atoms with Crippen LogP contribution in [-0.2, 0) is 6.42 Å². The largest absolute Gasteiger partial charge is 0.464 e. The Morgan fingerprint density at radius 1 is 1.28 bits per heavy atom. The van der Waals surface area contributed by atoms with Crippen LogP contribution in [0.3, 0.4) is 0 Å². The van der Waals surface area contributed by atoms with Crippen molar-refractivity contribution in [3.63, 3.8) is 0 Å². The zero-order chi connectivity index (χ0) is 13.0. The lowest BCUT2D eigenvalue weighted by Crippen LogP contribution is -2.10. The molecule has 96 valence electrons. The van der Waals surface area contributed by atoms with Crippen molar-refractivity contribution in [1.29, 1.82) is 0 Å². The number of anilines is 1. The van der Waals surface area contributed by atoms with Crippen molar-refractivity contribution in [2.75, 3.05) is 12.3 Å². The van der Waals surface area contributed by atoms with Crippen LogP contribution < -0.4 is 10.5 Å². The Bertz CT molecular complexity index is 524. The predicted molar refractivity (Wildman–Crippen MR) is 66.5 cm³/mol. The van der Waals surface area contributed by atoms with Crippen molar-refractivity contribution in [2.24, 2.45) is 0 Å². The van der Waals surface area contributed by atoms with Gasteiger partial charge >= 0.3 is 6.01 Å². The Labute approximate surface area is 105 Å². The SMILES string of the molecule is CCCc1nccn1-c1nc(N)nc(OCC)n1. The van der Waals surface area contributed by atoms with Gasteiger partial charge in [-0.1, -0.05) is 6.92 Å². The Balaban J connectivity index is 2.39. The number of nitrogens with zero attached hydrogens (tertiary/aromatic N) is 5. The molecule has 0 amide bonds. The average molecular weight is 248 g/mol. The number of nitrogen functional groups attached to an aromatic ring is 1. The molecule has 2 N–H and O–H groups in total. The first kappa shape index (κ1) is 12.3. The summed E-state index contributed by atoms with van der Waals surface area (Å²) in [4.78, 5) is 16.5. The summed E-state index contributed by atoms with van der Waals surface area (Å²) in [6.07, 6.45) is 5.36. The van der Waals surface area contributed by atoms with Crippen LogP contribution in [-0.4, -0.2) is 31.1 Å². The van der Waals surface area contributed by atoms with Gasteiger partial charge in [-0.3, -0.25) is 4.57 Å². The first-order valence-corrected chi connectivity index (χ1v) is 5.91. The molecule has 0 fully saturated rings. The molecule has 7 heteroatoms. The Morgan fingerprint density at radius 2 is 2.11 bits per heavy atom. The molecule has 0 atom stereocenters. The first-order chi connectivity index (χ1) is 8.74. The summed E-state index contributed by atoms with van der Waals surface area (Å²) in [7, 11) is 0. The lowest BCUT2D eigenvalue weighted by atomic mass is 10.3. The zero-order valence-electron chi connectivity index (χ0n) is 10.5. The monoisotopic (exact) mass is 248 g/mol. The van der Waals surface area contributed by atoms with Gasteiger partial charge in [0.25, 0.3) is 0 Å². The molecule has 0 radical (unpaired) electrons. The molecule has 0 aromatic carbocycles. The van der Waals surface area contributed by atoms with Crippen LogP contribution >= 0.6 is 0 Å². The highest BCUT2D eigenvalue weighted by Crippen LogP contribution is 2.12. The summed E-state index contributed by atoms with van der Waals surface area (Å²) in [6.45, 7) is 4.43. The molecular formula is C11H16N6O. The van der Waals surface area contributed by atoms with Crippen LogP contribution in [0.2, 0.25) is 0 Å². The number of imidazole rings is 1. The molecule has 7 nitrogen and oxygen atoms in total. The first-order valence-electron chi connectivity index (χ1n) is 5.91. The van der Waals surface area contributed by atoms with E-state index in [0.717, 1.165) is 18.7 Å². The van der Waals surface area contributed by atoms with E-state index >= 15 is 0 Å². The van der Waals surface area contributed by atoms with E-state index in [4.69, 9.17) is 10.5 Å². The maximum absolute atomic E-state index is 5.64. The van der Waals surface area contributed by atoms with Crippen LogP contribution in [0.4, 0.5) is 5.95 Å². The van der Waals surface area contributed by atoms with Crippen LogP contribution in [0.25, 0.3) is 5.95 Å². The molecule has 0 aliphatic rings. The standard InChI is InChI=1S/C11H16N6O/c1-3-5-8-13-6-7-17(8)10-14-9(12)15-11(16-10)18-4-2/h6-7H,3-5H2,1-2H3,(H2,12,14,15,16). The number of ether oxygens (including phenoxy) is 1. The maximum Gasteiger partial charge on any atom is 0.323 e. The molecule has 2 heterocycles. The summed E-state index contributed by atoms with van der Waals surface area (Å²) in [5.41, 5.74) is 5.64. The highest BCUT2D eigenvalue weighted by molar-refractivity contribution is 5.26. The van der Waals surface area contributed by atoms with E-state index in [-0.39, 0.29) is 12.0 Å². The van der Waals surface area contributed by atoms with E-state index in [0.29, 0.717) is 12.6 Å². The van der Waals surface area contributed by atoms with E-state index < -0.39 is 0 Å². The summed E-state index contributed by atoms with van der Waals surface area (Å²) in [6, 6.07) is 0.233. The number of hydrogen-bond acceptors (Lipinski definition) is 6. The molecule has 0 spiro atoms. The molecule has 2 aromatic rings. The second-order valence-electron chi connectivity index (χ2n) is 3.67. The van der Waals surface area contributed by atoms with Crippen LogP contribution in [0.5, 0.6) is 6.01 Å². The van der Waals surface area contributed by atoms with Gasteiger partial charge in [-0.2, -0.15) is 15.0 Å². The van der Waals surface area contributed by atoms with Gasteiger partial charge in [-0.25, -0.2) is 4.98 Å². The molecular weight excluding hydrogens is 232 g/mol. The lowest BCUT2D eigenvalue weighted by molar-refractivity contribution is 0.311. The molecule has 0 bridgehead atoms. The van der Waals surface area contributed by atoms with E-state index in [2.05, 4.69) is 26.9 Å². The Hall–Kier alpha value is -2.18. The average Bonchev–Trinajstić information content (AvgIpc) is 2.77. The number of aryl methyl sites for hydroxylation is 1. The van der Waals surface area contributed by atoms with Crippen LogP contribution in [0.15, 0.2) is 12.4 Å². The Kier molecular flexibility index (Phi) is 3.71. The fraction of sp³-hybridized carbons (Fsp3) is 0.455. The third-order valence-electron chi connectivity index (χ3n) is 2.30. The van der Waals surface area contributed by atoms with Gasteiger partial charge in [-0.15, -0.1) is 0 Å². The highest BCUT2D eigenvalue weighted by atomic mass is 16.5. The van der Waals surface area contributed by atoms with Gasteiger partial charge in [0.15, 0.2) is 0 Å². The fourth-order valence-electron chi connectivity index (χ4n) is 1.59. The van der Waals surface area contributed by atoms with Crippen molar-refractivity contribution in [1.82, 2.24) is 24.5 Å². The smallest absolute Gasteiger partial charge is 0.323 e. The van der Waals surface area contributed by atoms with Gasteiger partial charge < -0.3 is 10.5 Å². The van der Waals surface area contributed by atoms with Crippen molar-refractivity contribution >= 4 is 5.95 Å². The number of aromatic nitrogens is 5. The summed E-state index contributed by atoms with van der Waals surface area (Å²) >= 11 is 0. The molecule has 0 aliphatic carbocycles. The van der Waals surface area contributed by atoms with E-state index in [1.54, 1.807) is 17.0 Å². The van der Waals surface area contributed by atoms with Crippen LogP contribution in [0, 0.1) is 0 Å². The normalized spacial score (nSPS) is 10.6. The third-order valence-corrected chi connectivity index (χ3v) is 2.30. The van der Waals surface area contributed by atoms with E-state index in [9.17, 15) is 0 Å². The third kappa shape index (κ3) is 2.55.